The molecule has 1 aromatic carbocycles. The molecule has 0 unspecified atom stereocenters. The fraction of sp³-hybridized carbons (Fsp3) is 0.619. The summed E-state index contributed by atoms with van der Waals surface area (Å²) in [5.74, 6) is -0.203. The van der Waals surface area contributed by atoms with E-state index in [2.05, 4.69) is 4.90 Å². The van der Waals surface area contributed by atoms with E-state index < -0.39 is 0 Å². The SMILES string of the molecule is COC(=O)CN(C1CCCCC1)[C@H]1CCN(C(=O)OCc2ccccc2)C1. The summed E-state index contributed by atoms with van der Waals surface area (Å²) in [5, 5.41) is 0. The summed E-state index contributed by atoms with van der Waals surface area (Å²) >= 11 is 0. The minimum atomic E-state index is -0.275. The Morgan fingerprint density at radius 1 is 1.07 bits per heavy atom. The van der Waals surface area contributed by atoms with Crippen molar-refractivity contribution in [1.29, 1.82) is 0 Å². The number of carbonyl (C=O) groups is 2. The Morgan fingerprint density at radius 3 is 2.52 bits per heavy atom. The van der Waals surface area contributed by atoms with Crippen molar-refractivity contribution in [3.8, 4) is 0 Å². The maximum absolute atomic E-state index is 12.4. The van der Waals surface area contributed by atoms with E-state index in [4.69, 9.17) is 9.47 Å². The molecule has 1 aromatic rings. The number of hydrogen-bond donors (Lipinski definition) is 0. The number of carbonyl (C=O) groups excluding carboxylic acids is 2. The van der Waals surface area contributed by atoms with Crippen molar-refractivity contribution in [2.45, 2.75) is 57.2 Å². The van der Waals surface area contributed by atoms with Gasteiger partial charge in [0.25, 0.3) is 0 Å². The monoisotopic (exact) mass is 374 g/mol. The Labute approximate surface area is 161 Å². The highest BCUT2D eigenvalue weighted by Crippen LogP contribution is 2.27. The van der Waals surface area contributed by atoms with Gasteiger partial charge in [-0.15, -0.1) is 0 Å². The van der Waals surface area contributed by atoms with Gasteiger partial charge < -0.3 is 14.4 Å². The minimum absolute atomic E-state index is 0.191. The van der Waals surface area contributed by atoms with Crippen molar-refractivity contribution in [3.05, 3.63) is 35.9 Å². The molecule has 6 nitrogen and oxygen atoms in total. The van der Waals surface area contributed by atoms with Gasteiger partial charge in [0, 0.05) is 25.2 Å². The van der Waals surface area contributed by atoms with Crippen molar-refractivity contribution in [1.82, 2.24) is 9.80 Å². The first-order valence-electron chi connectivity index (χ1n) is 9.95. The van der Waals surface area contributed by atoms with Gasteiger partial charge in [0.15, 0.2) is 0 Å². The lowest BCUT2D eigenvalue weighted by molar-refractivity contribution is -0.143. The van der Waals surface area contributed by atoms with Crippen LogP contribution in [0, 0.1) is 0 Å². The van der Waals surface area contributed by atoms with Crippen LogP contribution in [0.4, 0.5) is 4.79 Å². The molecule has 1 atom stereocenters. The second-order valence-electron chi connectivity index (χ2n) is 7.47. The highest BCUT2D eigenvalue weighted by molar-refractivity contribution is 5.71. The molecule has 1 saturated heterocycles. The Bertz CT molecular complexity index is 616. The fourth-order valence-electron chi connectivity index (χ4n) is 4.17. The van der Waals surface area contributed by atoms with Gasteiger partial charge in [0.1, 0.15) is 6.61 Å². The number of nitrogens with zero attached hydrogens (tertiary/aromatic N) is 2. The number of hydrogen-bond acceptors (Lipinski definition) is 5. The summed E-state index contributed by atoms with van der Waals surface area (Å²) in [6.07, 6.45) is 6.51. The summed E-state index contributed by atoms with van der Waals surface area (Å²) < 4.78 is 10.4. The van der Waals surface area contributed by atoms with Crippen LogP contribution in [0.15, 0.2) is 30.3 Å². The molecule has 0 spiro atoms. The van der Waals surface area contributed by atoms with Gasteiger partial charge in [-0.25, -0.2) is 4.79 Å². The van der Waals surface area contributed by atoms with E-state index >= 15 is 0 Å². The second-order valence-corrected chi connectivity index (χ2v) is 7.47. The quantitative estimate of drug-likeness (QED) is 0.716. The van der Waals surface area contributed by atoms with E-state index in [1.165, 1.54) is 26.4 Å². The highest BCUT2D eigenvalue weighted by Gasteiger charge is 2.36. The van der Waals surface area contributed by atoms with E-state index in [0.717, 1.165) is 24.8 Å². The van der Waals surface area contributed by atoms with Gasteiger partial charge in [-0.05, 0) is 24.8 Å². The normalized spacial score (nSPS) is 20.7. The van der Waals surface area contributed by atoms with E-state index in [-0.39, 0.29) is 24.7 Å². The molecule has 1 heterocycles. The molecule has 1 aliphatic heterocycles. The molecule has 148 valence electrons. The van der Waals surface area contributed by atoms with E-state index in [1.807, 2.05) is 30.3 Å². The van der Waals surface area contributed by atoms with Crippen LogP contribution in [-0.2, 0) is 20.9 Å². The standard InChI is InChI=1S/C21H30N2O4/c1-26-20(24)15-23(18-10-6-3-7-11-18)19-12-13-22(14-19)21(25)27-16-17-8-4-2-5-9-17/h2,4-5,8-9,18-19H,3,6-7,10-16H2,1H3/t19-/m0/s1. The maximum Gasteiger partial charge on any atom is 0.410 e. The van der Waals surface area contributed by atoms with Crippen LogP contribution in [0.3, 0.4) is 0 Å². The van der Waals surface area contributed by atoms with Crippen molar-refractivity contribution < 1.29 is 19.1 Å². The molecule has 2 aliphatic rings. The molecule has 1 aliphatic carbocycles. The van der Waals surface area contributed by atoms with Gasteiger partial charge in [0.2, 0.25) is 0 Å². The summed E-state index contributed by atoms with van der Waals surface area (Å²) in [6.45, 7) is 1.87. The summed E-state index contributed by atoms with van der Waals surface area (Å²) in [4.78, 5) is 28.4. The number of esters is 1. The highest BCUT2D eigenvalue weighted by atomic mass is 16.6. The number of benzene rings is 1. The zero-order chi connectivity index (χ0) is 19.1. The third-order valence-electron chi connectivity index (χ3n) is 5.68. The van der Waals surface area contributed by atoms with Crippen molar-refractivity contribution in [3.63, 3.8) is 0 Å². The molecule has 3 rings (SSSR count). The second kappa shape index (κ2) is 9.74. The fourth-order valence-corrected chi connectivity index (χ4v) is 4.17. The number of amides is 1. The molecule has 6 heteroatoms. The first kappa shape index (κ1) is 19.7. The number of ether oxygens (including phenoxy) is 2. The Morgan fingerprint density at radius 2 is 1.81 bits per heavy atom. The Balaban J connectivity index is 1.55. The van der Waals surface area contributed by atoms with E-state index in [9.17, 15) is 9.59 Å². The first-order valence-corrected chi connectivity index (χ1v) is 9.95. The maximum atomic E-state index is 12.4. The Kier molecular flexibility index (Phi) is 7.10. The average Bonchev–Trinajstić information content (AvgIpc) is 3.21. The van der Waals surface area contributed by atoms with Gasteiger partial charge >= 0.3 is 12.1 Å². The predicted molar refractivity (Wildman–Crippen MR) is 102 cm³/mol. The molecule has 1 amide bonds. The molecular formula is C21H30N2O4. The average molecular weight is 374 g/mol. The lowest BCUT2D eigenvalue weighted by Gasteiger charge is -2.37. The van der Waals surface area contributed by atoms with Crippen molar-refractivity contribution >= 4 is 12.1 Å². The van der Waals surface area contributed by atoms with Crippen LogP contribution >= 0.6 is 0 Å². The van der Waals surface area contributed by atoms with Gasteiger partial charge in [-0.1, -0.05) is 49.6 Å². The molecule has 1 saturated carbocycles. The van der Waals surface area contributed by atoms with Crippen LogP contribution in [0.2, 0.25) is 0 Å². The van der Waals surface area contributed by atoms with E-state index in [1.54, 1.807) is 4.90 Å². The molecule has 0 N–H and O–H groups in total. The molecule has 0 aromatic heterocycles. The molecule has 2 fully saturated rings. The smallest absolute Gasteiger partial charge is 0.410 e. The van der Waals surface area contributed by atoms with Crippen molar-refractivity contribution in [2.24, 2.45) is 0 Å². The van der Waals surface area contributed by atoms with Gasteiger partial charge in [-0.2, -0.15) is 0 Å². The minimum Gasteiger partial charge on any atom is -0.468 e. The summed E-state index contributed by atoms with van der Waals surface area (Å²) in [5.41, 5.74) is 0.983. The number of likely N-dealkylation sites (tertiary alicyclic amines) is 1. The molecular weight excluding hydrogens is 344 g/mol. The van der Waals surface area contributed by atoms with E-state index in [0.29, 0.717) is 25.7 Å². The van der Waals surface area contributed by atoms with Gasteiger partial charge in [0.05, 0.1) is 13.7 Å². The van der Waals surface area contributed by atoms with Crippen LogP contribution in [0.5, 0.6) is 0 Å². The predicted octanol–water partition coefficient (Wildman–Crippen LogP) is 3.21. The third-order valence-corrected chi connectivity index (χ3v) is 5.68. The lowest BCUT2D eigenvalue weighted by atomic mass is 9.93. The van der Waals surface area contributed by atoms with Crippen LogP contribution in [-0.4, -0.2) is 60.7 Å². The first-order chi connectivity index (χ1) is 13.2. The molecule has 0 radical (unpaired) electrons. The van der Waals surface area contributed by atoms with Crippen LogP contribution in [0.25, 0.3) is 0 Å². The third kappa shape index (κ3) is 5.45. The zero-order valence-electron chi connectivity index (χ0n) is 16.1. The van der Waals surface area contributed by atoms with Crippen LogP contribution in [0.1, 0.15) is 44.1 Å². The molecule has 27 heavy (non-hydrogen) atoms. The molecule has 0 bridgehead atoms. The van der Waals surface area contributed by atoms with Crippen molar-refractivity contribution in [2.75, 3.05) is 26.7 Å². The van der Waals surface area contributed by atoms with Crippen LogP contribution < -0.4 is 0 Å². The Hall–Kier alpha value is -2.08. The summed E-state index contributed by atoms with van der Waals surface area (Å²) in [7, 11) is 1.43. The lowest BCUT2D eigenvalue weighted by Crippen LogP contribution is -2.48. The topological polar surface area (TPSA) is 59.1 Å². The van der Waals surface area contributed by atoms with Gasteiger partial charge in [-0.3, -0.25) is 9.69 Å². The number of methoxy groups -OCH3 is 1. The largest absolute Gasteiger partial charge is 0.468 e. The number of rotatable bonds is 6. The summed E-state index contributed by atoms with van der Waals surface area (Å²) in [6, 6.07) is 10.3. The zero-order valence-corrected chi connectivity index (χ0v) is 16.1.